The van der Waals surface area contributed by atoms with E-state index in [1.807, 2.05) is 24.3 Å². The second kappa shape index (κ2) is 10.6. The fourth-order valence-corrected chi connectivity index (χ4v) is 6.86. The van der Waals surface area contributed by atoms with Crippen LogP contribution in [0.4, 0.5) is 14.5 Å². The number of aliphatic imine (C=N–C) groups is 1. The summed E-state index contributed by atoms with van der Waals surface area (Å²) < 4.78 is 56.8. The molecule has 0 saturated heterocycles. The first-order valence-electron chi connectivity index (χ1n) is 12.7. The van der Waals surface area contributed by atoms with Crippen LogP contribution >= 0.6 is 0 Å². The van der Waals surface area contributed by atoms with Crippen LogP contribution < -0.4 is 5.73 Å². The molecule has 3 N–H and O–H groups in total. The van der Waals surface area contributed by atoms with Crippen LogP contribution in [0.2, 0.25) is 0 Å². The van der Waals surface area contributed by atoms with E-state index in [0.717, 1.165) is 21.5 Å². The van der Waals surface area contributed by atoms with Gasteiger partial charge < -0.3 is 20.6 Å². The van der Waals surface area contributed by atoms with Gasteiger partial charge in [-0.25, -0.2) is 22.2 Å². The number of halogens is 2. The number of fused-ring (bicyclic) bond motifs is 2. The summed E-state index contributed by atoms with van der Waals surface area (Å²) in [5.41, 5.74) is 9.29. The van der Waals surface area contributed by atoms with Crippen molar-refractivity contribution in [3.8, 4) is 11.1 Å². The third-order valence-electron chi connectivity index (χ3n) is 7.35. The van der Waals surface area contributed by atoms with Crippen LogP contribution in [0.15, 0.2) is 64.5 Å². The van der Waals surface area contributed by atoms with Gasteiger partial charge in [0.2, 0.25) is 10.0 Å². The zero-order chi connectivity index (χ0) is 28.8. The highest BCUT2D eigenvalue weighted by Crippen LogP contribution is 2.40. The number of carbonyl (C=O) groups excluding carboxylic acids is 1. The molecule has 0 spiro atoms. The molecule has 3 aromatic carbocycles. The maximum Gasteiger partial charge on any atom is 0.250 e. The minimum Gasteiger partial charge on any atom is -0.395 e. The summed E-state index contributed by atoms with van der Waals surface area (Å²) in [4.78, 5) is 21.1. The van der Waals surface area contributed by atoms with E-state index in [0.29, 0.717) is 30.4 Å². The van der Waals surface area contributed by atoms with Gasteiger partial charge in [0.05, 0.1) is 17.2 Å². The number of amides is 1. The lowest BCUT2D eigenvalue weighted by atomic mass is 9.95. The van der Waals surface area contributed by atoms with Crippen molar-refractivity contribution in [2.45, 2.75) is 31.0 Å². The summed E-state index contributed by atoms with van der Waals surface area (Å²) in [6, 6.07) is 13.0. The Bertz CT molecular complexity index is 1600. The van der Waals surface area contributed by atoms with Gasteiger partial charge in [-0.15, -0.1) is 0 Å². The number of rotatable bonds is 7. The van der Waals surface area contributed by atoms with Crippen molar-refractivity contribution >= 4 is 27.6 Å². The lowest BCUT2D eigenvalue weighted by Gasteiger charge is -2.35. The van der Waals surface area contributed by atoms with E-state index in [1.165, 1.54) is 6.07 Å². The van der Waals surface area contributed by atoms with Gasteiger partial charge in [-0.2, -0.15) is 4.31 Å². The molecule has 2 aliphatic heterocycles. The van der Waals surface area contributed by atoms with Crippen molar-refractivity contribution in [2.24, 2.45) is 10.7 Å². The first-order valence-corrected chi connectivity index (χ1v) is 14.2. The van der Waals surface area contributed by atoms with Crippen LogP contribution in [-0.4, -0.2) is 66.2 Å². The van der Waals surface area contributed by atoms with Crippen LogP contribution in [0, 0.1) is 11.6 Å². The summed E-state index contributed by atoms with van der Waals surface area (Å²) in [6.45, 7) is 1.79. The molecule has 12 heteroatoms. The second-order valence-corrected chi connectivity index (χ2v) is 11.6. The largest absolute Gasteiger partial charge is 0.395 e. The zero-order valence-electron chi connectivity index (χ0n) is 22.0. The summed E-state index contributed by atoms with van der Waals surface area (Å²) in [7, 11) is -2.67. The second-order valence-electron chi connectivity index (χ2n) is 9.70. The Morgan fingerprint density at radius 2 is 1.75 bits per heavy atom. The van der Waals surface area contributed by atoms with Gasteiger partial charge in [-0.1, -0.05) is 37.3 Å². The first-order chi connectivity index (χ1) is 19.1. The molecule has 0 radical (unpaired) electrons. The molecule has 40 heavy (non-hydrogen) atoms. The molecule has 0 bridgehead atoms. The molecule has 0 aromatic heterocycles. The zero-order valence-corrected chi connectivity index (χ0v) is 22.8. The van der Waals surface area contributed by atoms with Crippen LogP contribution in [0.5, 0.6) is 0 Å². The monoisotopic (exact) mass is 569 g/mol. The van der Waals surface area contributed by atoms with Gasteiger partial charge >= 0.3 is 0 Å². The molecule has 5 rings (SSSR count). The number of nitrogens with two attached hydrogens (primary N) is 1. The predicted molar refractivity (Wildman–Crippen MR) is 146 cm³/mol. The number of carbonyl (C=O) groups is 1. The number of aliphatic hydroxyl groups is 1. The first kappa shape index (κ1) is 27.7. The molecular formula is C28H29F2N5O4S. The van der Waals surface area contributed by atoms with Crippen molar-refractivity contribution in [1.82, 2.24) is 14.1 Å². The van der Waals surface area contributed by atoms with E-state index in [9.17, 15) is 27.1 Å². The van der Waals surface area contributed by atoms with E-state index in [-0.39, 0.29) is 36.1 Å². The Kier molecular flexibility index (Phi) is 7.34. The molecular weight excluding hydrogens is 540 g/mol. The standard InChI is InChI=1S/C28H29F2N5O4S/c1-3-35(10-11-36)40(38,39)25-14-23(30)22(29)13-20(25)17-8-9-24-21(12-17)26(33(2)28(31)32-24)27(37)34-15-18-6-4-5-7-19(18)16-34/h4-9,12-14,26,36H,3,10-11,15-16H2,1-2H3,(H2,31,32). The summed E-state index contributed by atoms with van der Waals surface area (Å²) in [5.74, 6) is -2.64. The topological polar surface area (TPSA) is 120 Å². The maximum absolute atomic E-state index is 14.5. The minimum absolute atomic E-state index is 0.0130. The molecule has 0 aliphatic carbocycles. The summed E-state index contributed by atoms with van der Waals surface area (Å²) in [6.07, 6.45) is 0. The molecule has 2 aliphatic rings. The normalized spacial score (nSPS) is 16.6. The SMILES string of the molecule is CCN(CCO)S(=O)(=O)c1cc(F)c(F)cc1-c1ccc2c(c1)C(C(=O)N1Cc3ccccc3C1)N(C)C(N)=N2. The number of nitrogens with zero attached hydrogens (tertiary/aromatic N) is 4. The Morgan fingerprint density at radius 1 is 1.10 bits per heavy atom. The van der Waals surface area contributed by atoms with Gasteiger partial charge in [-0.05, 0) is 41.0 Å². The molecule has 2 heterocycles. The van der Waals surface area contributed by atoms with E-state index >= 15 is 0 Å². The molecule has 9 nitrogen and oxygen atoms in total. The average molecular weight is 570 g/mol. The van der Waals surface area contributed by atoms with Gasteiger partial charge in [0, 0.05) is 44.4 Å². The highest BCUT2D eigenvalue weighted by atomic mass is 32.2. The molecule has 210 valence electrons. The molecule has 1 atom stereocenters. The third kappa shape index (κ3) is 4.72. The minimum atomic E-state index is -4.31. The van der Waals surface area contributed by atoms with Gasteiger partial charge in [0.15, 0.2) is 17.6 Å². The van der Waals surface area contributed by atoms with Crippen molar-refractivity contribution in [3.05, 3.63) is 82.9 Å². The highest BCUT2D eigenvalue weighted by molar-refractivity contribution is 7.89. The third-order valence-corrected chi connectivity index (χ3v) is 9.36. The number of aliphatic hydroxyl groups excluding tert-OH is 1. The maximum atomic E-state index is 14.5. The molecule has 1 unspecified atom stereocenters. The number of hydrogen-bond acceptors (Lipinski definition) is 7. The van der Waals surface area contributed by atoms with E-state index in [2.05, 4.69) is 4.99 Å². The molecule has 1 amide bonds. The Labute approximate surface area is 231 Å². The Hall–Kier alpha value is -3.87. The van der Waals surface area contributed by atoms with Gasteiger partial charge in [0.25, 0.3) is 5.91 Å². The molecule has 3 aromatic rings. The predicted octanol–water partition coefficient (Wildman–Crippen LogP) is 3.11. The van der Waals surface area contributed by atoms with Gasteiger partial charge in [-0.3, -0.25) is 4.79 Å². The van der Waals surface area contributed by atoms with E-state index in [1.54, 1.807) is 35.9 Å². The van der Waals surface area contributed by atoms with Crippen molar-refractivity contribution < 1.29 is 27.1 Å². The number of hydrogen-bond donors (Lipinski definition) is 2. The average Bonchev–Trinajstić information content (AvgIpc) is 3.37. The molecule has 0 fully saturated rings. The number of benzene rings is 3. The highest BCUT2D eigenvalue weighted by Gasteiger charge is 2.37. The van der Waals surface area contributed by atoms with Crippen molar-refractivity contribution in [3.63, 3.8) is 0 Å². The van der Waals surface area contributed by atoms with Crippen LogP contribution in [0.1, 0.15) is 29.7 Å². The van der Waals surface area contributed by atoms with E-state index < -0.39 is 39.2 Å². The smallest absolute Gasteiger partial charge is 0.250 e. The van der Waals surface area contributed by atoms with Crippen LogP contribution in [-0.2, 0) is 27.9 Å². The van der Waals surface area contributed by atoms with Crippen LogP contribution in [0.25, 0.3) is 11.1 Å². The summed E-state index contributed by atoms with van der Waals surface area (Å²) in [5, 5.41) is 9.37. The number of likely N-dealkylation sites (N-methyl/N-ethyl adjacent to an activating group) is 2. The van der Waals surface area contributed by atoms with E-state index in [4.69, 9.17) is 5.73 Å². The number of sulfonamides is 1. The Morgan fingerprint density at radius 3 is 2.38 bits per heavy atom. The lowest BCUT2D eigenvalue weighted by Crippen LogP contribution is -2.46. The van der Waals surface area contributed by atoms with Gasteiger partial charge in [0.1, 0.15) is 6.04 Å². The fourth-order valence-electron chi connectivity index (χ4n) is 5.21. The Balaban J connectivity index is 1.61. The fraction of sp³-hybridized carbons (Fsp3) is 0.286. The number of guanidine groups is 1. The quantitative estimate of drug-likeness (QED) is 0.451. The van der Waals surface area contributed by atoms with Crippen molar-refractivity contribution in [1.29, 1.82) is 0 Å². The van der Waals surface area contributed by atoms with Crippen molar-refractivity contribution in [2.75, 3.05) is 26.7 Å². The lowest BCUT2D eigenvalue weighted by molar-refractivity contribution is -0.136. The van der Waals surface area contributed by atoms with Crippen LogP contribution in [0.3, 0.4) is 0 Å². The summed E-state index contributed by atoms with van der Waals surface area (Å²) >= 11 is 0. The molecule has 0 saturated carbocycles.